The predicted molar refractivity (Wildman–Crippen MR) is 82.8 cm³/mol. The Labute approximate surface area is 139 Å². The SMILES string of the molecule is CC(=O)Nc1n[nH]c(NC(C)=O)c1N=Nc1cccc(C(F)(F)F)c1. The van der Waals surface area contributed by atoms with Crippen LogP contribution < -0.4 is 10.6 Å². The summed E-state index contributed by atoms with van der Waals surface area (Å²) in [6.07, 6.45) is -4.51. The van der Waals surface area contributed by atoms with Crippen molar-refractivity contribution in [3.63, 3.8) is 0 Å². The predicted octanol–water partition coefficient (Wildman–Crippen LogP) is 3.76. The lowest BCUT2D eigenvalue weighted by Crippen LogP contribution is -2.07. The summed E-state index contributed by atoms with van der Waals surface area (Å²) in [6, 6.07) is 4.24. The highest BCUT2D eigenvalue weighted by molar-refractivity contribution is 5.96. The van der Waals surface area contributed by atoms with Crippen molar-refractivity contribution < 1.29 is 22.8 Å². The molecule has 0 atom stereocenters. The van der Waals surface area contributed by atoms with E-state index in [9.17, 15) is 22.8 Å². The minimum absolute atomic E-state index is 0.0213. The van der Waals surface area contributed by atoms with Crippen molar-refractivity contribution in [1.29, 1.82) is 0 Å². The third kappa shape index (κ3) is 4.86. The molecule has 0 radical (unpaired) electrons. The second-order valence-corrected chi connectivity index (χ2v) is 4.91. The van der Waals surface area contributed by atoms with Crippen LogP contribution in [-0.4, -0.2) is 22.0 Å². The van der Waals surface area contributed by atoms with Gasteiger partial charge in [-0.3, -0.25) is 14.7 Å². The number of amides is 2. The summed E-state index contributed by atoms with van der Waals surface area (Å²) in [5, 5.41) is 18.5. The number of aromatic amines is 1. The lowest BCUT2D eigenvalue weighted by Gasteiger charge is -2.06. The van der Waals surface area contributed by atoms with Crippen LogP contribution in [0.1, 0.15) is 19.4 Å². The van der Waals surface area contributed by atoms with Crippen molar-refractivity contribution >= 4 is 34.8 Å². The number of halogens is 3. The van der Waals surface area contributed by atoms with E-state index < -0.39 is 23.6 Å². The average molecular weight is 354 g/mol. The van der Waals surface area contributed by atoms with Crippen LogP contribution in [0.4, 0.5) is 36.2 Å². The van der Waals surface area contributed by atoms with Crippen LogP contribution in [0.5, 0.6) is 0 Å². The topological polar surface area (TPSA) is 112 Å². The van der Waals surface area contributed by atoms with Gasteiger partial charge in [0.1, 0.15) is 0 Å². The van der Waals surface area contributed by atoms with Crippen LogP contribution >= 0.6 is 0 Å². The number of hydrogen-bond donors (Lipinski definition) is 3. The normalized spacial score (nSPS) is 11.6. The van der Waals surface area contributed by atoms with E-state index in [1.807, 2.05) is 0 Å². The number of carbonyl (C=O) groups excluding carboxylic acids is 2. The molecule has 2 amide bonds. The summed E-state index contributed by atoms with van der Waals surface area (Å²) in [7, 11) is 0. The first-order chi connectivity index (χ1) is 11.7. The average Bonchev–Trinajstić information content (AvgIpc) is 2.85. The van der Waals surface area contributed by atoms with E-state index in [-0.39, 0.29) is 23.0 Å². The van der Waals surface area contributed by atoms with E-state index >= 15 is 0 Å². The maximum atomic E-state index is 12.7. The molecular weight excluding hydrogens is 341 g/mol. The van der Waals surface area contributed by atoms with Crippen LogP contribution in [-0.2, 0) is 15.8 Å². The molecule has 0 aliphatic rings. The van der Waals surface area contributed by atoms with Gasteiger partial charge in [0.2, 0.25) is 11.8 Å². The maximum Gasteiger partial charge on any atom is 0.416 e. The number of H-pyrrole nitrogens is 1. The number of azo groups is 1. The number of aromatic nitrogens is 2. The number of hydrogen-bond acceptors (Lipinski definition) is 5. The van der Waals surface area contributed by atoms with E-state index in [4.69, 9.17) is 0 Å². The molecule has 25 heavy (non-hydrogen) atoms. The zero-order chi connectivity index (χ0) is 18.6. The molecule has 0 aliphatic heterocycles. The Morgan fingerprint density at radius 1 is 1.12 bits per heavy atom. The zero-order valence-electron chi connectivity index (χ0n) is 13.1. The van der Waals surface area contributed by atoms with Crippen LogP contribution in [0.15, 0.2) is 34.5 Å². The van der Waals surface area contributed by atoms with Crippen molar-refractivity contribution in [3.8, 4) is 0 Å². The molecule has 1 aromatic carbocycles. The second kappa shape index (κ2) is 7.11. The Morgan fingerprint density at radius 3 is 2.40 bits per heavy atom. The quantitative estimate of drug-likeness (QED) is 0.727. The molecule has 11 heteroatoms. The van der Waals surface area contributed by atoms with Crippen molar-refractivity contribution in [1.82, 2.24) is 10.2 Å². The fraction of sp³-hybridized carbons (Fsp3) is 0.214. The van der Waals surface area contributed by atoms with Gasteiger partial charge in [0.05, 0.1) is 11.3 Å². The number of benzene rings is 1. The Hall–Kier alpha value is -3.24. The van der Waals surface area contributed by atoms with Gasteiger partial charge in [-0.05, 0) is 18.2 Å². The van der Waals surface area contributed by atoms with Crippen molar-refractivity contribution in [2.45, 2.75) is 20.0 Å². The lowest BCUT2D eigenvalue weighted by molar-refractivity contribution is -0.137. The molecule has 0 saturated carbocycles. The van der Waals surface area contributed by atoms with Crippen molar-refractivity contribution in [2.24, 2.45) is 10.2 Å². The van der Waals surface area contributed by atoms with Crippen molar-refractivity contribution in [2.75, 3.05) is 10.6 Å². The minimum atomic E-state index is -4.51. The number of anilines is 2. The number of alkyl halides is 3. The van der Waals surface area contributed by atoms with Gasteiger partial charge in [0.25, 0.3) is 0 Å². The Bertz CT molecular complexity index is 795. The van der Waals surface area contributed by atoms with Gasteiger partial charge in [-0.15, -0.1) is 5.11 Å². The van der Waals surface area contributed by atoms with Gasteiger partial charge < -0.3 is 10.6 Å². The molecule has 2 rings (SSSR count). The van der Waals surface area contributed by atoms with Crippen molar-refractivity contribution in [3.05, 3.63) is 29.8 Å². The second-order valence-electron chi connectivity index (χ2n) is 4.91. The van der Waals surface area contributed by atoms with E-state index in [1.165, 1.54) is 26.0 Å². The van der Waals surface area contributed by atoms with Gasteiger partial charge in [0, 0.05) is 13.8 Å². The maximum absolute atomic E-state index is 12.7. The van der Waals surface area contributed by atoms with E-state index in [1.54, 1.807) is 0 Å². The van der Waals surface area contributed by atoms with Crippen LogP contribution in [0, 0.1) is 0 Å². The fourth-order valence-electron chi connectivity index (χ4n) is 1.80. The molecule has 132 valence electrons. The third-order valence-corrected chi connectivity index (χ3v) is 2.78. The Balaban J connectivity index is 2.37. The first-order valence-corrected chi connectivity index (χ1v) is 6.89. The molecular formula is C14H13F3N6O2. The van der Waals surface area contributed by atoms with Crippen LogP contribution in [0.25, 0.3) is 0 Å². The summed E-state index contributed by atoms with van der Waals surface area (Å²) >= 11 is 0. The molecule has 1 heterocycles. The molecule has 0 bridgehead atoms. The smallest absolute Gasteiger partial charge is 0.309 e. The first kappa shape index (κ1) is 18.1. The molecule has 8 nitrogen and oxygen atoms in total. The molecule has 0 spiro atoms. The zero-order valence-corrected chi connectivity index (χ0v) is 13.1. The summed E-state index contributed by atoms with van der Waals surface area (Å²) < 4.78 is 38.1. The van der Waals surface area contributed by atoms with E-state index in [0.29, 0.717) is 0 Å². The number of nitrogens with one attached hydrogen (secondary N) is 3. The Morgan fingerprint density at radius 2 is 1.80 bits per heavy atom. The number of rotatable bonds is 4. The van der Waals surface area contributed by atoms with Gasteiger partial charge in [-0.2, -0.15) is 23.4 Å². The molecule has 0 unspecified atom stereocenters. The highest BCUT2D eigenvalue weighted by Crippen LogP contribution is 2.34. The molecule has 3 N–H and O–H groups in total. The summed E-state index contributed by atoms with van der Waals surface area (Å²) in [5.41, 5.74) is -0.957. The minimum Gasteiger partial charge on any atom is -0.309 e. The summed E-state index contributed by atoms with van der Waals surface area (Å²) in [6.45, 7) is 2.48. The monoisotopic (exact) mass is 354 g/mol. The summed E-state index contributed by atoms with van der Waals surface area (Å²) in [5.74, 6) is -0.858. The van der Waals surface area contributed by atoms with E-state index in [0.717, 1.165) is 12.1 Å². The molecule has 1 aromatic heterocycles. The number of nitrogens with zero attached hydrogens (tertiary/aromatic N) is 3. The molecule has 0 saturated heterocycles. The Kier molecular flexibility index (Phi) is 5.15. The van der Waals surface area contributed by atoms with Gasteiger partial charge in [-0.1, -0.05) is 6.07 Å². The molecule has 0 aliphatic carbocycles. The third-order valence-electron chi connectivity index (χ3n) is 2.78. The molecule has 2 aromatic rings. The van der Waals surface area contributed by atoms with E-state index in [2.05, 4.69) is 31.1 Å². The summed E-state index contributed by atoms with van der Waals surface area (Å²) in [4.78, 5) is 22.4. The largest absolute Gasteiger partial charge is 0.416 e. The van der Waals surface area contributed by atoms with Crippen LogP contribution in [0.2, 0.25) is 0 Å². The van der Waals surface area contributed by atoms with Gasteiger partial charge in [0.15, 0.2) is 17.3 Å². The van der Waals surface area contributed by atoms with Crippen LogP contribution in [0.3, 0.4) is 0 Å². The highest BCUT2D eigenvalue weighted by Gasteiger charge is 2.30. The highest BCUT2D eigenvalue weighted by atomic mass is 19.4. The fourth-order valence-corrected chi connectivity index (χ4v) is 1.80. The first-order valence-electron chi connectivity index (χ1n) is 6.89. The number of carbonyl (C=O) groups is 2. The standard InChI is InChI=1S/C14H13F3N6O2/c1-7(24)18-12-11(13(23-22-12)19-8(2)25)21-20-10-5-3-4-9(6-10)14(15,16)17/h3-6H,1-2H3,(H3,18,19,22,23,24,25). The van der Waals surface area contributed by atoms with Gasteiger partial charge >= 0.3 is 6.18 Å². The molecule has 0 fully saturated rings. The lowest BCUT2D eigenvalue weighted by atomic mass is 10.2. The van der Waals surface area contributed by atoms with Gasteiger partial charge in [-0.25, -0.2) is 0 Å².